The van der Waals surface area contributed by atoms with Gasteiger partial charge in [0.25, 0.3) is 0 Å². The van der Waals surface area contributed by atoms with E-state index in [-0.39, 0.29) is 0 Å². The monoisotopic (exact) mass is 250 g/mol. The standard InChI is InChI=1S/C12H11BrO/c1-8-10(7-14)3-2-9-4-5-11(13)6-12(8)9/h4-7H,2-3H2,1H3. The van der Waals surface area contributed by atoms with Crippen molar-refractivity contribution in [2.45, 2.75) is 19.8 Å². The highest BCUT2D eigenvalue weighted by Crippen LogP contribution is 2.31. The van der Waals surface area contributed by atoms with Gasteiger partial charge >= 0.3 is 0 Å². The Kier molecular flexibility index (Phi) is 2.55. The molecule has 14 heavy (non-hydrogen) atoms. The third-order valence-electron chi connectivity index (χ3n) is 2.76. The van der Waals surface area contributed by atoms with E-state index in [1.54, 1.807) is 0 Å². The lowest BCUT2D eigenvalue weighted by molar-refractivity contribution is -0.105. The lowest BCUT2D eigenvalue weighted by Gasteiger charge is -2.18. The van der Waals surface area contributed by atoms with E-state index in [0.29, 0.717) is 0 Å². The molecule has 0 atom stereocenters. The van der Waals surface area contributed by atoms with Gasteiger partial charge in [-0.05, 0) is 54.2 Å². The van der Waals surface area contributed by atoms with Gasteiger partial charge in [0.2, 0.25) is 0 Å². The zero-order valence-corrected chi connectivity index (χ0v) is 9.60. The van der Waals surface area contributed by atoms with Crippen LogP contribution in [-0.4, -0.2) is 6.29 Å². The number of benzene rings is 1. The van der Waals surface area contributed by atoms with E-state index in [9.17, 15) is 4.79 Å². The van der Waals surface area contributed by atoms with Crippen molar-refractivity contribution < 1.29 is 4.79 Å². The van der Waals surface area contributed by atoms with Crippen LogP contribution in [0.2, 0.25) is 0 Å². The fraction of sp³-hybridized carbons (Fsp3) is 0.250. The van der Waals surface area contributed by atoms with Crippen molar-refractivity contribution in [3.63, 3.8) is 0 Å². The molecular formula is C12H11BrO. The largest absolute Gasteiger partial charge is 0.298 e. The summed E-state index contributed by atoms with van der Waals surface area (Å²) < 4.78 is 1.07. The van der Waals surface area contributed by atoms with Crippen molar-refractivity contribution >= 4 is 27.8 Å². The van der Waals surface area contributed by atoms with E-state index in [1.165, 1.54) is 11.1 Å². The summed E-state index contributed by atoms with van der Waals surface area (Å²) in [6, 6.07) is 6.27. The molecule has 1 aliphatic rings. The smallest absolute Gasteiger partial charge is 0.146 e. The summed E-state index contributed by atoms with van der Waals surface area (Å²) in [4.78, 5) is 10.8. The number of fused-ring (bicyclic) bond motifs is 1. The molecule has 0 bridgehead atoms. The number of halogens is 1. The fourth-order valence-corrected chi connectivity index (χ4v) is 2.25. The van der Waals surface area contributed by atoms with Crippen LogP contribution in [0, 0.1) is 0 Å². The van der Waals surface area contributed by atoms with E-state index in [4.69, 9.17) is 0 Å². The molecule has 72 valence electrons. The molecule has 2 rings (SSSR count). The average molecular weight is 251 g/mol. The Morgan fingerprint density at radius 3 is 2.86 bits per heavy atom. The third kappa shape index (κ3) is 1.55. The molecule has 0 spiro atoms. The van der Waals surface area contributed by atoms with Crippen molar-refractivity contribution in [3.05, 3.63) is 39.4 Å². The average Bonchev–Trinajstić information content (AvgIpc) is 2.20. The van der Waals surface area contributed by atoms with Crippen LogP contribution in [0.15, 0.2) is 28.2 Å². The summed E-state index contributed by atoms with van der Waals surface area (Å²) in [5, 5.41) is 0. The molecule has 0 unspecified atom stereocenters. The summed E-state index contributed by atoms with van der Waals surface area (Å²) in [6.45, 7) is 2.02. The van der Waals surface area contributed by atoms with Gasteiger partial charge in [-0.2, -0.15) is 0 Å². The molecular weight excluding hydrogens is 240 g/mol. The Hall–Kier alpha value is -0.890. The lowest BCUT2D eigenvalue weighted by Crippen LogP contribution is -2.04. The number of carbonyl (C=O) groups is 1. The first-order chi connectivity index (χ1) is 6.72. The first-order valence-electron chi connectivity index (χ1n) is 4.66. The van der Waals surface area contributed by atoms with Gasteiger partial charge in [0.05, 0.1) is 0 Å². The molecule has 1 nitrogen and oxygen atoms in total. The van der Waals surface area contributed by atoms with E-state index in [1.807, 2.05) is 6.92 Å². The molecule has 0 amide bonds. The fourth-order valence-electron chi connectivity index (χ4n) is 1.89. The van der Waals surface area contributed by atoms with Gasteiger partial charge in [0.15, 0.2) is 0 Å². The molecule has 0 fully saturated rings. The molecule has 0 radical (unpaired) electrons. The number of hydrogen-bond donors (Lipinski definition) is 0. The summed E-state index contributed by atoms with van der Waals surface area (Å²) in [7, 11) is 0. The molecule has 0 saturated carbocycles. The minimum atomic E-state index is 0.879. The zero-order chi connectivity index (χ0) is 10.1. The van der Waals surface area contributed by atoms with Crippen LogP contribution < -0.4 is 0 Å². The number of carbonyl (C=O) groups excluding carboxylic acids is 1. The second kappa shape index (κ2) is 3.70. The molecule has 0 N–H and O–H groups in total. The van der Waals surface area contributed by atoms with Crippen LogP contribution in [0.3, 0.4) is 0 Å². The molecule has 0 heterocycles. The molecule has 2 heteroatoms. The van der Waals surface area contributed by atoms with Crippen molar-refractivity contribution in [2.75, 3.05) is 0 Å². The van der Waals surface area contributed by atoms with Gasteiger partial charge in [-0.1, -0.05) is 22.0 Å². The predicted octanol–water partition coefficient (Wildman–Crippen LogP) is 3.37. The van der Waals surface area contributed by atoms with E-state index < -0.39 is 0 Å². The maximum Gasteiger partial charge on any atom is 0.146 e. The maximum atomic E-state index is 10.8. The van der Waals surface area contributed by atoms with Crippen molar-refractivity contribution in [3.8, 4) is 0 Å². The first-order valence-corrected chi connectivity index (χ1v) is 5.45. The normalized spacial score (nSPS) is 15.3. The predicted molar refractivity (Wildman–Crippen MR) is 61.1 cm³/mol. The van der Waals surface area contributed by atoms with Crippen molar-refractivity contribution in [1.82, 2.24) is 0 Å². The van der Waals surface area contributed by atoms with Gasteiger partial charge in [-0.3, -0.25) is 4.79 Å². The minimum Gasteiger partial charge on any atom is -0.298 e. The van der Waals surface area contributed by atoms with Gasteiger partial charge in [0.1, 0.15) is 6.29 Å². The van der Waals surface area contributed by atoms with Gasteiger partial charge in [-0.15, -0.1) is 0 Å². The SMILES string of the molecule is CC1=C(C=O)CCc2ccc(Br)cc21. The molecule has 0 saturated heterocycles. The highest BCUT2D eigenvalue weighted by Gasteiger charge is 2.15. The van der Waals surface area contributed by atoms with Crippen LogP contribution in [0.25, 0.3) is 5.57 Å². The van der Waals surface area contributed by atoms with E-state index in [2.05, 4.69) is 34.1 Å². The van der Waals surface area contributed by atoms with Crippen molar-refractivity contribution in [1.29, 1.82) is 0 Å². The highest BCUT2D eigenvalue weighted by atomic mass is 79.9. The van der Waals surface area contributed by atoms with Crippen LogP contribution >= 0.6 is 15.9 Å². The number of rotatable bonds is 1. The molecule has 1 aliphatic carbocycles. The highest BCUT2D eigenvalue weighted by molar-refractivity contribution is 9.10. The summed E-state index contributed by atoms with van der Waals surface area (Å²) in [6.07, 6.45) is 2.84. The summed E-state index contributed by atoms with van der Waals surface area (Å²) >= 11 is 3.45. The Labute approximate surface area is 92.0 Å². The lowest BCUT2D eigenvalue weighted by atomic mass is 9.87. The second-order valence-corrected chi connectivity index (χ2v) is 4.49. The molecule has 1 aromatic carbocycles. The van der Waals surface area contributed by atoms with Crippen LogP contribution in [0.5, 0.6) is 0 Å². The zero-order valence-electron chi connectivity index (χ0n) is 8.01. The number of aryl methyl sites for hydroxylation is 1. The number of aldehydes is 1. The van der Waals surface area contributed by atoms with Crippen LogP contribution in [0.4, 0.5) is 0 Å². The van der Waals surface area contributed by atoms with Crippen LogP contribution in [0.1, 0.15) is 24.5 Å². The minimum absolute atomic E-state index is 0.879. The second-order valence-electron chi connectivity index (χ2n) is 3.57. The Morgan fingerprint density at radius 1 is 1.36 bits per heavy atom. The molecule has 0 aliphatic heterocycles. The first kappa shape index (κ1) is 9.66. The topological polar surface area (TPSA) is 17.1 Å². The molecule has 1 aromatic rings. The summed E-state index contributed by atoms with van der Waals surface area (Å²) in [5.74, 6) is 0. The Bertz CT molecular complexity index is 418. The van der Waals surface area contributed by atoms with Crippen LogP contribution in [-0.2, 0) is 11.2 Å². The van der Waals surface area contributed by atoms with Gasteiger partial charge < -0.3 is 0 Å². The maximum absolute atomic E-state index is 10.8. The number of hydrogen-bond acceptors (Lipinski definition) is 1. The number of allylic oxidation sites excluding steroid dienone is 2. The third-order valence-corrected chi connectivity index (χ3v) is 3.26. The Morgan fingerprint density at radius 2 is 2.14 bits per heavy atom. The summed E-state index contributed by atoms with van der Waals surface area (Å²) in [5.41, 5.74) is 4.63. The van der Waals surface area contributed by atoms with E-state index in [0.717, 1.165) is 34.7 Å². The van der Waals surface area contributed by atoms with E-state index >= 15 is 0 Å². The molecule has 0 aromatic heterocycles. The quantitative estimate of drug-likeness (QED) is 0.699. The van der Waals surface area contributed by atoms with Gasteiger partial charge in [0, 0.05) is 4.47 Å². The van der Waals surface area contributed by atoms with Gasteiger partial charge in [-0.25, -0.2) is 0 Å². The Balaban J connectivity index is 2.60. The van der Waals surface area contributed by atoms with Crippen molar-refractivity contribution in [2.24, 2.45) is 0 Å².